The number of anilines is 2. The smallest absolute Gasteiger partial charge is 0.410 e. The van der Waals surface area contributed by atoms with Crippen molar-refractivity contribution in [1.29, 1.82) is 0 Å². The second-order valence-corrected chi connectivity index (χ2v) is 8.48. The summed E-state index contributed by atoms with van der Waals surface area (Å²) in [5.41, 5.74) is 0.905. The Hall–Kier alpha value is -3.23. The van der Waals surface area contributed by atoms with E-state index in [1.54, 1.807) is 17.0 Å². The fourth-order valence-corrected chi connectivity index (χ4v) is 3.27. The maximum atomic E-state index is 12.6. The van der Waals surface area contributed by atoms with Gasteiger partial charge in [0.15, 0.2) is 0 Å². The Morgan fingerprint density at radius 2 is 1.72 bits per heavy atom. The summed E-state index contributed by atoms with van der Waals surface area (Å²) in [6.07, 6.45) is 3.70. The molecule has 1 aromatic carbocycles. The Balaban J connectivity index is 1.99. The largest absolute Gasteiger partial charge is 0.466 e. The number of methoxy groups -OCH3 is 2. The van der Waals surface area contributed by atoms with Gasteiger partial charge in [0.2, 0.25) is 0 Å². The lowest BCUT2D eigenvalue weighted by molar-refractivity contribution is -0.138. The van der Waals surface area contributed by atoms with Crippen LogP contribution >= 0.6 is 0 Å². The first kappa shape index (κ1) is 25.0. The molecule has 9 nitrogen and oxygen atoms in total. The van der Waals surface area contributed by atoms with Gasteiger partial charge in [-0.2, -0.15) is 0 Å². The van der Waals surface area contributed by atoms with Crippen LogP contribution < -0.4 is 10.6 Å². The molecule has 1 aliphatic rings. The van der Waals surface area contributed by atoms with Crippen molar-refractivity contribution in [2.75, 3.05) is 37.9 Å². The highest BCUT2D eigenvalue weighted by Crippen LogP contribution is 2.22. The number of piperidine rings is 1. The Bertz CT molecular complexity index is 829. The molecule has 2 N–H and O–H groups in total. The molecule has 1 atom stereocenters. The van der Waals surface area contributed by atoms with Crippen molar-refractivity contribution < 1.29 is 28.6 Å². The molecule has 1 saturated heterocycles. The van der Waals surface area contributed by atoms with E-state index in [1.165, 1.54) is 14.2 Å². The van der Waals surface area contributed by atoms with Crippen LogP contribution in [-0.2, 0) is 23.8 Å². The van der Waals surface area contributed by atoms with Gasteiger partial charge in [-0.3, -0.25) is 0 Å². The number of ether oxygens (including phenoxy) is 3. The molecule has 0 bridgehead atoms. The molecular weight excluding hydrogens is 414 g/mol. The molecule has 1 aliphatic heterocycles. The van der Waals surface area contributed by atoms with Gasteiger partial charge in [0, 0.05) is 24.5 Å². The van der Waals surface area contributed by atoms with Crippen molar-refractivity contribution >= 4 is 29.4 Å². The minimum Gasteiger partial charge on any atom is -0.466 e. The average molecular weight is 448 g/mol. The third-order valence-corrected chi connectivity index (χ3v) is 4.83. The van der Waals surface area contributed by atoms with E-state index in [-0.39, 0.29) is 17.8 Å². The van der Waals surface area contributed by atoms with E-state index in [0.717, 1.165) is 31.0 Å². The minimum atomic E-state index is -0.683. The molecule has 0 aromatic heterocycles. The van der Waals surface area contributed by atoms with Crippen LogP contribution in [0.25, 0.3) is 0 Å². The summed E-state index contributed by atoms with van der Waals surface area (Å²) in [5.74, 6) is -1.35. The van der Waals surface area contributed by atoms with E-state index >= 15 is 0 Å². The van der Waals surface area contributed by atoms with Gasteiger partial charge >= 0.3 is 18.0 Å². The number of carbonyl (C=O) groups is 3. The average Bonchev–Trinajstić information content (AvgIpc) is 2.76. The van der Waals surface area contributed by atoms with Gasteiger partial charge in [0.1, 0.15) is 11.3 Å². The van der Waals surface area contributed by atoms with Gasteiger partial charge in [-0.15, -0.1) is 0 Å². The zero-order valence-electron chi connectivity index (χ0n) is 19.4. The summed E-state index contributed by atoms with van der Waals surface area (Å²) in [6.45, 7) is 6.88. The lowest BCUT2D eigenvalue weighted by Crippen LogP contribution is -2.48. The summed E-state index contributed by atoms with van der Waals surface area (Å²) in [5, 5.41) is 6.22. The molecular formula is C23H33N3O6. The summed E-state index contributed by atoms with van der Waals surface area (Å²) in [4.78, 5) is 37.7. The highest BCUT2D eigenvalue weighted by molar-refractivity contribution is 5.98. The number of benzene rings is 1. The highest BCUT2D eigenvalue weighted by Gasteiger charge is 2.30. The first-order valence-electron chi connectivity index (χ1n) is 10.6. The summed E-state index contributed by atoms with van der Waals surface area (Å²) < 4.78 is 14.8. The second kappa shape index (κ2) is 11.4. The van der Waals surface area contributed by atoms with Crippen molar-refractivity contribution in [2.24, 2.45) is 0 Å². The number of hydrogen-bond acceptors (Lipinski definition) is 8. The number of hydrogen-bond donors (Lipinski definition) is 2. The minimum absolute atomic E-state index is 0.0322. The van der Waals surface area contributed by atoms with Crippen molar-refractivity contribution in [2.45, 2.75) is 51.7 Å². The number of nitrogens with zero attached hydrogens (tertiary/aromatic N) is 1. The summed E-state index contributed by atoms with van der Waals surface area (Å²) in [6, 6.07) is 7.27. The SMILES string of the molecule is COC(=O)/C=C(/Nc1ccc(NCC2CCCCN2C(=O)OC(C)(C)C)cc1)C(=O)OC. The van der Waals surface area contributed by atoms with Crippen LogP contribution in [0.15, 0.2) is 36.0 Å². The zero-order valence-corrected chi connectivity index (χ0v) is 19.4. The first-order valence-corrected chi connectivity index (χ1v) is 10.6. The standard InChI is InChI=1S/C23H33N3O6/c1-23(2,3)32-22(29)26-13-7-6-8-18(26)15-24-16-9-11-17(12-10-16)25-19(21(28)31-5)14-20(27)30-4/h9-12,14,18,24-25H,6-8,13,15H2,1-5H3/b19-14+. The fourth-order valence-electron chi connectivity index (χ4n) is 3.27. The molecule has 1 heterocycles. The van der Waals surface area contributed by atoms with E-state index in [4.69, 9.17) is 4.74 Å². The number of carbonyl (C=O) groups excluding carboxylic acids is 3. The predicted octanol–water partition coefficient (Wildman–Crippen LogP) is 3.53. The molecule has 176 valence electrons. The van der Waals surface area contributed by atoms with E-state index in [2.05, 4.69) is 20.1 Å². The van der Waals surface area contributed by atoms with Gasteiger partial charge in [0.05, 0.1) is 26.3 Å². The van der Waals surface area contributed by atoms with Crippen molar-refractivity contribution in [1.82, 2.24) is 4.90 Å². The Morgan fingerprint density at radius 3 is 2.31 bits per heavy atom. The molecule has 0 radical (unpaired) electrons. The monoisotopic (exact) mass is 447 g/mol. The number of esters is 2. The number of amides is 1. The summed E-state index contributed by atoms with van der Waals surface area (Å²) in [7, 11) is 2.46. The molecule has 1 amide bonds. The van der Waals surface area contributed by atoms with E-state index < -0.39 is 17.5 Å². The van der Waals surface area contributed by atoms with Crippen molar-refractivity contribution in [3.05, 3.63) is 36.0 Å². The van der Waals surface area contributed by atoms with Crippen LogP contribution in [0.1, 0.15) is 40.0 Å². The van der Waals surface area contributed by atoms with Crippen LogP contribution in [0.5, 0.6) is 0 Å². The molecule has 1 fully saturated rings. The van der Waals surface area contributed by atoms with Gasteiger partial charge in [0.25, 0.3) is 0 Å². The molecule has 1 unspecified atom stereocenters. The lowest BCUT2D eigenvalue weighted by atomic mass is 10.0. The third kappa shape index (κ3) is 7.79. The Kier molecular flexibility index (Phi) is 8.92. The number of likely N-dealkylation sites (tertiary alicyclic amines) is 1. The zero-order chi connectivity index (χ0) is 23.7. The summed E-state index contributed by atoms with van der Waals surface area (Å²) >= 11 is 0. The van der Waals surface area contributed by atoms with Gasteiger partial charge in [-0.1, -0.05) is 0 Å². The molecule has 1 aromatic rings. The highest BCUT2D eigenvalue weighted by atomic mass is 16.6. The molecule has 32 heavy (non-hydrogen) atoms. The topological polar surface area (TPSA) is 106 Å². The van der Waals surface area contributed by atoms with E-state index in [0.29, 0.717) is 18.8 Å². The first-order chi connectivity index (χ1) is 15.1. The van der Waals surface area contributed by atoms with Crippen molar-refractivity contribution in [3.63, 3.8) is 0 Å². The van der Waals surface area contributed by atoms with Gasteiger partial charge in [-0.25, -0.2) is 14.4 Å². The van der Waals surface area contributed by atoms with Crippen LogP contribution in [0.4, 0.5) is 16.2 Å². The third-order valence-electron chi connectivity index (χ3n) is 4.83. The predicted molar refractivity (Wildman–Crippen MR) is 121 cm³/mol. The Labute approximate surface area is 189 Å². The second-order valence-electron chi connectivity index (χ2n) is 8.48. The maximum Gasteiger partial charge on any atom is 0.410 e. The fraction of sp³-hybridized carbons (Fsp3) is 0.522. The molecule has 0 spiro atoms. The van der Waals surface area contributed by atoms with Crippen LogP contribution in [-0.4, -0.2) is 61.9 Å². The molecule has 2 rings (SSSR count). The number of rotatable bonds is 7. The number of nitrogens with one attached hydrogen (secondary N) is 2. The van der Waals surface area contributed by atoms with Gasteiger partial charge < -0.3 is 29.7 Å². The van der Waals surface area contributed by atoms with Crippen LogP contribution in [0.3, 0.4) is 0 Å². The van der Waals surface area contributed by atoms with E-state index in [9.17, 15) is 14.4 Å². The molecule has 9 heteroatoms. The molecule has 0 aliphatic carbocycles. The molecule has 0 saturated carbocycles. The van der Waals surface area contributed by atoms with Crippen molar-refractivity contribution in [3.8, 4) is 0 Å². The normalized spacial score (nSPS) is 16.7. The van der Waals surface area contributed by atoms with Gasteiger partial charge in [-0.05, 0) is 64.3 Å². The lowest BCUT2D eigenvalue weighted by Gasteiger charge is -2.37. The van der Waals surface area contributed by atoms with E-state index in [1.807, 2.05) is 32.9 Å². The van der Waals surface area contributed by atoms with Crippen LogP contribution in [0, 0.1) is 0 Å². The maximum absolute atomic E-state index is 12.6. The van der Waals surface area contributed by atoms with Crippen LogP contribution in [0.2, 0.25) is 0 Å². The quantitative estimate of drug-likeness (QED) is 0.371. The Morgan fingerprint density at radius 1 is 1.06 bits per heavy atom.